The van der Waals surface area contributed by atoms with Crippen LogP contribution in [0.15, 0.2) is 27.5 Å². The van der Waals surface area contributed by atoms with Gasteiger partial charge in [0.1, 0.15) is 0 Å². The van der Waals surface area contributed by atoms with Gasteiger partial charge in [-0.25, -0.2) is 4.79 Å². The van der Waals surface area contributed by atoms with Crippen LogP contribution in [0.25, 0.3) is 0 Å². The molecule has 0 bridgehead atoms. The average molecular weight is 381 g/mol. The van der Waals surface area contributed by atoms with E-state index in [1.54, 1.807) is 6.07 Å². The number of aromatic amines is 1. The van der Waals surface area contributed by atoms with Gasteiger partial charge in [-0.2, -0.15) is 0 Å². The van der Waals surface area contributed by atoms with Crippen molar-refractivity contribution in [3.05, 3.63) is 50.2 Å². The molecule has 1 fully saturated rings. The maximum atomic E-state index is 11.1. The van der Waals surface area contributed by atoms with Crippen LogP contribution in [0.2, 0.25) is 10.0 Å². The normalized spacial score (nSPS) is 21.5. The summed E-state index contributed by atoms with van der Waals surface area (Å²) in [5.74, 6) is 0.0384. The first-order valence-corrected chi connectivity index (χ1v) is 7.71. The minimum Gasteiger partial charge on any atom is -0.372 e. The maximum absolute atomic E-state index is 11.1. The Morgan fingerprint density at radius 3 is 2.83 bits per heavy atom. The Morgan fingerprint density at radius 1 is 1.30 bits per heavy atom. The number of benzene rings is 1. The van der Waals surface area contributed by atoms with Crippen LogP contribution in [0, 0.1) is 5.92 Å². The fourth-order valence-electron chi connectivity index (χ4n) is 2.62. The molecule has 1 aliphatic heterocycles. The highest BCUT2D eigenvalue weighted by Crippen LogP contribution is 2.33. The molecule has 0 unspecified atom stereocenters. The van der Waals surface area contributed by atoms with E-state index in [0.29, 0.717) is 28.9 Å². The van der Waals surface area contributed by atoms with E-state index in [9.17, 15) is 4.79 Å². The van der Waals surface area contributed by atoms with Crippen LogP contribution in [0.4, 0.5) is 0 Å². The van der Waals surface area contributed by atoms with Crippen LogP contribution in [-0.4, -0.2) is 29.8 Å². The molecule has 2 N–H and O–H groups in total. The van der Waals surface area contributed by atoms with Gasteiger partial charge in [0, 0.05) is 25.4 Å². The highest BCUT2D eigenvalue weighted by molar-refractivity contribution is 6.42. The Kier molecular flexibility index (Phi) is 6.50. The molecule has 0 amide bonds. The summed E-state index contributed by atoms with van der Waals surface area (Å²) < 4.78 is 10.5. The van der Waals surface area contributed by atoms with Crippen LogP contribution in [0.3, 0.4) is 0 Å². The van der Waals surface area contributed by atoms with Gasteiger partial charge in [-0.05, 0) is 17.7 Å². The fourth-order valence-corrected chi connectivity index (χ4v) is 2.93. The first-order chi connectivity index (χ1) is 10.6. The summed E-state index contributed by atoms with van der Waals surface area (Å²) in [6.45, 7) is 2.10. The van der Waals surface area contributed by atoms with E-state index in [2.05, 4.69) is 20.0 Å². The largest absolute Gasteiger partial charge is 0.438 e. The molecule has 2 atom stereocenters. The number of aromatic nitrogens is 2. The second-order valence-electron chi connectivity index (χ2n) is 5.17. The summed E-state index contributed by atoms with van der Waals surface area (Å²) in [6, 6.07) is 5.48. The molecule has 0 saturated carbocycles. The molecule has 0 aliphatic carbocycles. The molecule has 6 nitrogen and oxygen atoms in total. The molecule has 23 heavy (non-hydrogen) atoms. The lowest BCUT2D eigenvalue weighted by Gasteiger charge is -2.24. The van der Waals surface area contributed by atoms with Crippen LogP contribution in [-0.2, 0) is 11.2 Å². The molecule has 3 rings (SSSR count). The van der Waals surface area contributed by atoms with Crippen molar-refractivity contribution < 1.29 is 9.26 Å². The van der Waals surface area contributed by atoms with E-state index in [4.69, 9.17) is 27.9 Å². The van der Waals surface area contributed by atoms with Crippen LogP contribution in [0.1, 0.15) is 17.5 Å². The van der Waals surface area contributed by atoms with Crippen molar-refractivity contribution in [2.75, 3.05) is 19.7 Å². The van der Waals surface area contributed by atoms with Crippen LogP contribution in [0.5, 0.6) is 0 Å². The monoisotopic (exact) mass is 379 g/mol. The number of nitrogens with zero attached hydrogens (tertiary/aromatic N) is 1. The van der Waals surface area contributed by atoms with Gasteiger partial charge in [0.15, 0.2) is 5.82 Å². The Morgan fingerprint density at radius 2 is 2.13 bits per heavy atom. The molecule has 126 valence electrons. The van der Waals surface area contributed by atoms with Gasteiger partial charge >= 0.3 is 5.76 Å². The van der Waals surface area contributed by atoms with Crippen molar-refractivity contribution in [3.63, 3.8) is 0 Å². The van der Waals surface area contributed by atoms with Crippen LogP contribution >= 0.6 is 35.6 Å². The zero-order valence-corrected chi connectivity index (χ0v) is 14.4. The summed E-state index contributed by atoms with van der Waals surface area (Å²) in [5, 5.41) is 8.05. The quantitative estimate of drug-likeness (QED) is 0.855. The Bertz CT molecular complexity index is 704. The second-order valence-corrected chi connectivity index (χ2v) is 5.99. The molecule has 9 heteroatoms. The molecule has 1 saturated heterocycles. The SMILES string of the molecule is Cl.O=c1[nH]c(C[C@@H]2CNCCO[C@H]2c2ccc(Cl)c(Cl)c2)no1. The number of hydrogen-bond donors (Lipinski definition) is 2. The van der Waals surface area contributed by atoms with Gasteiger partial charge in [0.05, 0.1) is 22.8 Å². The maximum Gasteiger partial charge on any atom is 0.438 e. The number of H-pyrrole nitrogens is 1. The highest BCUT2D eigenvalue weighted by Gasteiger charge is 2.28. The third-order valence-electron chi connectivity index (χ3n) is 3.62. The van der Waals surface area contributed by atoms with E-state index >= 15 is 0 Å². The molecule has 1 aromatic heterocycles. The molecule has 2 aromatic rings. The lowest BCUT2D eigenvalue weighted by Crippen LogP contribution is -2.26. The predicted octanol–water partition coefficient (Wildman–Crippen LogP) is 2.61. The third kappa shape index (κ3) is 4.49. The number of nitrogens with one attached hydrogen (secondary N) is 2. The first-order valence-electron chi connectivity index (χ1n) is 6.95. The summed E-state index contributed by atoms with van der Waals surface area (Å²) in [5.41, 5.74) is 0.953. The van der Waals surface area contributed by atoms with E-state index in [1.165, 1.54) is 0 Å². The topological polar surface area (TPSA) is 80.2 Å². The van der Waals surface area contributed by atoms with Gasteiger partial charge in [-0.3, -0.25) is 9.51 Å². The summed E-state index contributed by atoms with van der Waals surface area (Å²) in [4.78, 5) is 13.6. The molecule has 0 radical (unpaired) electrons. The smallest absolute Gasteiger partial charge is 0.372 e. The van der Waals surface area contributed by atoms with Gasteiger partial charge < -0.3 is 10.1 Å². The minimum absolute atomic E-state index is 0. The minimum atomic E-state index is -0.552. The number of ether oxygens (including phenoxy) is 1. The lowest BCUT2D eigenvalue weighted by molar-refractivity contribution is 0.0300. The molecular weight excluding hydrogens is 365 g/mol. The van der Waals surface area contributed by atoms with Crippen molar-refractivity contribution in [3.8, 4) is 0 Å². The van der Waals surface area contributed by atoms with E-state index in [-0.39, 0.29) is 24.4 Å². The van der Waals surface area contributed by atoms with E-state index in [1.807, 2.05) is 12.1 Å². The Hall–Kier alpha value is -1.05. The van der Waals surface area contributed by atoms with Crippen molar-refractivity contribution >= 4 is 35.6 Å². The summed E-state index contributed by atoms with van der Waals surface area (Å²) in [7, 11) is 0. The Labute approximate surface area is 148 Å². The van der Waals surface area contributed by atoms with Gasteiger partial charge in [-0.1, -0.05) is 34.4 Å². The zero-order chi connectivity index (χ0) is 15.5. The Balaban J connectivity index is 0.00000192. The number of hydrogen-bond acceptors (Lipinski definition) is 5. The summed E-state index contributed by atoms with van der Waals surface area (Å²) >= 11 is 12.1. The van der Waals surface area contributed by atoms with Gasteiger partial charge in [0.2, 0.25) is 0 Å². The number of rotatable bonds is 3. The average Bonchev–Trinajstić information content (AvgIpc) is 2.76. The van der Waals surface area contributed by atoms with E-state index in [0.717, 1.165) is 18.7 Å². The van der Waals surface area contributed by atoms with Gasteiger partial charge in [-0.15, -0.1) is 12.4 Å². The van der Waals surface area contributed by atoms with Crippen molar-refractivity contribution in [1.82, 2.24) is 15.5 Å². The number of halogens is 3. The van der Waals surface area contributed by atoms with E-state index < -0.39 is 5.76 Å². The second kappa shape index (κ2) is 8.17. The molecule has 1 aliphatic rings. The fraction of sp³-hybridized carbons (Fsp3) is 0.429. The summed E-state index contributed by atoms with van der Waals surface area (Å²) in [6.07, 6.45) is 0.369. The van der Waals surface area contributed by atoms with Gasteiger partial charge in [0.25, 0.3) is 0 Å². The lowest BCUT2D eigenvalue weighted by atomic mass is 9.92. The molecule has 1 aromatic carbocycles. The first kappa shape index (κ1) is 18.3. The molecule has 0 spiro atoms. The standard InChI is InChI=1S/C14H15Cl2N3O3.ClH/c15-10-2-1-8(5-11(10)16)13-9(7-17-3-4-21-13)6-12-18-14(20)22-19-12;/h1-2,5,9,13,17H,3-4,6-7H2,(H,18,19,20);1H/t9-,13+;/m1./s1. The molecular formula is C14H16Cl3N3O3. The zero-order valence-electron chi connectivity index (χ0n) is 12.1. The molecule has 2 heterocycles. The predicted molar refractivity (Wildman–Crippen MR) is 89.6 cm³/mol. The van der Waals surface area contributed by atoms with Crippen molar-refractivity contribution in [2.45, 2.75) is 12.5 Å². The van der Waals surface area contributed by atoms with Crippen LogP contribution < -0.4 is 11.1 Å². The highest BCUT2D eigenvalue weighted by atomic mass is 35.5. The van der Waals surface area contributed by atoms with Crippen molar-refractivity contribution in [2.24, 2.45) is 5.92 Å². The third-order valence-corrected chi connectivity index (χ3v) is 4.36. The van der Waals surface area contributed by atoms with Crippen molar-refractivity contribution in [1.29, 1.82) is 0 Å².